The van der Waals surface area contributed by atoms with Gasteiger partial charge >= 0.3 is 0 Å². The third-order valence-electron chi connectivity index (χ3n) is 3.87. The van der Waals surface area contributed by atoms with Crippen LogP contribution in [-0.4, -0.2) is 20.1 Å². The lowest BCUT2D eigenvalue weighted by molar-refractivity contribution is 0.351. The van der Waals surface area contributed by atoms with E-state index in [0.717, 1.165) is 32.4 Å². The van der Waals surface area contributed by atoms with E-state index in [-0.39, 0.29) is 5.41 Å². The van der Waals surface area contributed by atoms with Crippen molar-refractivity contribution < 1.29 is 0 Å². The molecular weight excluding hydrogens is 208 g/mol. The molecule has 1 aromatic rings. The van der Waals surface area contributed by atoms with Crippen molar-refractivity contribution >= 4 is 0 Å². The van der Waals surface area contributed by atoms with Crippen LogP contribution in [0.3, 0.4) is 0 Å². The Bertz CT molecular complexity index is 335. The van der Waals surface area contributed by atoms with Crippen molar-refractivity contribution in [3.05, 3.63) is 35.4 Å². The summed E-state index contributed by atoms with van der Waals surface area (Å²) in [7, 11) is 2.01. The van der Waals surface area contributed by atoms with Crippen LogP contribution in [0.1, 0.15) is 37.3 Å². The van der Waals surface area contributed by atoms with E-state index in [1.807, 2.05) is 7.05 Å². The normalized spacial score (nSPS) is 14.6. The summed E-state index contributed by atoms with van der Waals surface area (Å²) in [5.41, 5.74) is 8.93. The van der Waals surface area contributed by atoms with E-state index in [4.69, 9.17) is 5.73 Å². The molecule has 0 amide bonds. The molecule has 0 aliphatic rings. The number of hydrogen-bond donors (Lipinski definition) is 2. The van der Waals surface area contributed by atoms with Gasteiger partial charge in [0, 0.05) is 0 Å². The minimum Gasteiger partial charge on any atom is -0.330 e. The van der Waals surface area contributed by atoms with Gasteiger partial charge in [0.15, 0.2) is 0 Å². The molecule has 0 saturated carbocycles. The Morgan fingerprint density at radius 2 is 1.94 bits per heavy atom. The predicted molar refractivity (Wildman–Crippen MR) is 75.4 cm³/mol. The molecule has 2 nitrogen and oxygen atoms in total. The standard InChI is InChI=1S/C15H26N2/c1-4-15(9-11-16,10-12-17-3)14-8-6-5-7-13(14)2/h5-8,17H,4,9-12,16H2,1-3H3. The van der Waals surface area contributed by atoms with E-state index in [2.05, 4.69) is 43.4 Å². The number of hydrogen-bond acceptors (Lipinski definition) is 2. The maximum atomic E-state index is 5.83. The van der Waals surface area contributed by atoms with E-state index in [1.54, 1.807) is 0 Å². The Balaban J connectivity index is 3.07. The third-order valence-corrected chi connectivity index (χ3v) is 3.87. The number of nitrogens with one attached hydrogen (secondary N) is 1. The van der Waals surface area contributed by atoms with Crippen LogP contribution in [0.25, 0.3) is 0 Å². The summed E-state index contributed by atoms with van der Waals surface area (Å²) in [6.07, 6.45) is 3.37. The van der Waals surface area contributed by atoms with Crippen molar-refractivity contribution in [3.8, 4) is 0 Å². The lowest BCUT2D eigenvalue weighted by atomic mass is 9.71. The highest BCUT2D eigenvalue weighted by Crippen LogP contribution is 2.36. The highest BCUT2D eigenvalue weighted by atomic mass is 14.8. The molecule has 1 aromatic carbocycles. The van der Waals surface area contributed by atoms with Gasteiger partial charge in [-0.15, -0.1) is 0 Å². The average molecular weight is 234 g/mol. The van der Waals surface area contributed by atoms with Crippen LogP contribution in [0.4, 0.5) is 0 Å². The summed E-state index contributed by atoms with van der Waals surface area (Å²) in [5.74, 6) is 0. The van der Waals surface area contributed by atoms with Crippen molar-refractivity contribution in [2.75, 3.05) is 20.1 Å². The number of nitrogens with two attached hydrogens (primary N) is 1. The van der Waals surface area contributed by atoms with Crippen molar-refractivity contribution in [2.45, 2.75) is 38.5 Å². The zero-order valence-electron chi connectivity index (χ0n) is 11.4. The molecule has 3 N–H and O–H groups in total. The van der Waals surface area contributed by atoms with Crippen LogP contribution < -0.4 is 11.1 Å². The van der Waals surface area contributed by atoms with Gasteiger partial charge in [0.2, 0.25) is 0 Å². The molecule has 0 spiro atoms. The first kappa shape index (κ1) is 14.2. The van der Waals surface area contributed by atoms with Crippen molar-refractivity contribution in [1.82, 2.24) is 5.32 Å². The summed E-state index contributed by atoms with van der Waals surface area (Å²) in [6, 6.07) is 8.72. The smallest absolute Gasteiger partial charge is 0.00230 e. The second kappa shape index (κ2) is 6.77. The van der Waals surface area contributed by atoms with Crippen LogP contribution >= 0.6 is 0 Å². The van der Waals surface area contributed by atoms with E-state index < -0.39 is 0 Å². The molecule has 1 rings (SSSR count). The Kier molecular flexibility index (Phi) is 5.66. The topological polar surface area (TPSA) is 38.0 Å². The van der Waals surface area contributed by atoms with E-state index in [0.29, 0.717) is 0 Å². The van der Waals surface area contributed by atoms with Gasteiger partial charge in [0.25, 0.3) is 0 Å². The lowest BCUT2D eigenvalue weighted by Crippen LogP contribution is -2.32. The molecule has 0 heterocycles. The molecule has 2 heteroatoms. The van der Waals surface area contributed by atoms with Gasteiger partial charge in [-0.2, -0.15) is 0 Å². The van der Waals surface area contributed by atoms with E-state index in [1.165, 1.54) is 11.1 Å². The molecule has 0 aliphatic carbocycles. The van der Waals surface area contributed by atoms with Crippen LogP contribution in [0.5, 0.6) is 0 Å². The van der Waals surface area contributed by atoms with E-state index >= 15 is 0 Å². The average Bonchev–Trinajstić information content (AvgIpc) is 2.35. The lowest BCUT2D eigenvalue weighted by Gasteiger charge is -2.34. The maximum Gasteiger partial charge on any atom is -0.00230 e. The van der Waals surface area contributed by atoms with Crippen molar-refractivity contribution in [2.24, 2.45) is 5.73 Å². The predicted octanol–water partition coefficient (Wildman–Crippen LogP) is 2.60. The first-order valence-corrected chi connectivity index (χ1v) is 6.61. The van der Waals surface area contributed by atoms with Crippen LogP contribution in [-0.2, 0) is 5.41 Å². The minimum absolute atomic E-state index is 0.239. The number of rotatable bonds is 7. The summed E-state index contributed by atoms with van der Waals surface area (Å²) in [4.78, 5) is 0. The van der Waals surface area contributed by atoms with Gasteiger partial charge in [-0.05, 0) is 62.9 Å². The fourth-order valence-electron chi connectivity index (χ4n) is 2.75. The SMILES string of the molecule is CCC(CCN)(CCNC)c1ccccc1C. The fraction of sp³-hybridized carbons (Fsp3) is 0.600. The number of aryl methyl sites for hydroxylation is 1. The van der Waals surface area contributed by atoms with Gasteiger partial charge in [-0.1, -0.05) is 31.2 Å². The first-order chi connectivity index (χ1) is 8.20. The van der Waals surface area contributed by atoms with Crippen LogP contribution in [0, 0.1) is 6.92 Å². The van der Waals surface area contributed by atoms with Crippen LogP contribution in [0.2, 0.25) is 0 Å². The fourth-order valence-corrected chi connectivity index (χ4v) is 2.75. The molecule has 1 unspecified atom stereocenters. The molecule has 0 aliphatic heterocycles. The molecule has 0 bridgehead atoms. The van der Waals surface area contributed by atoms with E-state index in [9.17, 15) is 0 Å². The Hall–Kier alpha value is -0.860. The molecule has 0 saturated heterocycles. The molecule has 0 fully saturated rings. The largest absolute Gasteiger partial charge is 0.330 e. The van der Waals surface area contributed by atoms with Gasteiger partial charge in [-0.3, -0.25) is 0 Å². The second-order valence-electron chi connectivity index (χ2n) is 4.84. The summed E-state index contributed by atoms with van der Waals surface area (Å²) in [6.45, 7) is 6.28. The highest BCUT2D eigenvalue weighted by molar-refractivity contribution is 5.33. The highest BCUT2D eigenvalue weighted by Gasteiger charge is 2.29. The quantitative estimate of drug-likeness (QED) is 0.761. The van der Waals surface area contributed by atoms with Crippen molar-refractivity contribution in [1.29, 1.82) is 0 Å². The van der Waals surface area contributed by atoms with Gasteiger partial charge < -0.3 is 11.1 Å². The Morgan fingerprint density at radius 1 is 1.24 bits per heavy atom. The summed E-state index contributed by atoms with van der Waals surface area (Å²) >= 11 is 0. The van der Waals surface area contributed by atoms with Gasteiger partial charge in [0.1, 0.15) is 0 Å². The zero-order chi connectivity index (χ0) is 12.7. The molecule has 1 atom stereocenters. The molecule has 0 radical (unpaired) electrons. The number of benzene rings is 1. The second-order valence-corrected chi connectivity index (χ2v) is 4.84. The minimum atomic E-state index is 0.239. The van der Waals surface area contributed by atoms with Gasteiger partial charge in [0.05, 0.1) is 0 Å². The third kappa shape index (κ3) is 3.30. The Labute approximate surface area is 106 Å². The molecular formula is C15H26N2. The molecule has 0 aromatic heterocycles. The molecule has 96 valence electrons. The summed E-state index contributed by atoms with van der Waals surface area (Å²) < 4.78 is 0. The van der Waals surface area contributed by atoms with Gasteiger partial charge in [-0.25, -0.2) is 0 Å². The molecule has 17 heavy (non-hydrogen) atoms. The van der Waals surface area contributed by atoms with Crippen molar-refractivity contribution in [3.63, 3.8) is 0 Å². The van der Waals surface area contributed by atoms with Crippen LogP contribution in [0.15, 0.2) is 24.3 Å². The summed E-state index contributed by atoms with van der Waals surface area (Å²) in [5, 5.41) is 3.26. The Morgan fingerprint density at radius 3 is 2.47 bits per heavy atom. The maximum absolute atomic E-state index is 5.83. The zero-order valence-corrected chi connectivity index (χ0v) is 11.4. The first-order valence-electron chi connectivity index (χ1n) is 6.61. The monoisotopic (exact) mass is 234 g/mol.